The van der Waals surface area contributed by atoms with Gasteiger partial charge in [0.05, 0.1) is 5.92 Å². The number of aromatic amines is 1. The van der Waals surface area contributed by atoms with Gasteiger partial charge in [0.25, 0.3) is 0 Å². The number of nitrogens with one attached hydrogen (secondary N) is 1. The Morgan fingerprint density at radius 2 is 1.95 bits per heavy atom. The Morgan fingerprint density at radius 1 is 1.25 bits per heavy atom. The smallest absolute Gasteiger partial charge is 0.236 e. The van der Waals surface area contributed by atoms with Gasteiger partial charge < -0.3 is 30.5 Å². The fourth-order valence-electron chi connectivity index (χ4n) is 2.83. The molecule has 1 unspecified atom stereocenters. The molecule has 6 N–H and O–H groups in total. The molecule has 20 heavy (non-hydrogen) atoms. The molecular weight excluding hydrogens is 264 g/mol. The summed E-state index contributed by atoms with van der Waals surface area (Å²) in [5, 5.41) is 50.3. The maximum Gasteiger partial charge on any atom is 0.236 e. The number of aromatic nitrogens is 1. The molecule has 1 aliphatic rings. The van der Waals surface area contributed by atoms with E-state index in [1.54, 1.807) is 12.1 Å². The lowest BCUT2D eigenvalue weighted by atomic mass is 9.93. The normalized spacial score (nSPS) is 25.4. The van der Waals surface area contributed by atoms with Crippen LogP contribution in [0.25, 0.3) is 10.9 Å². The fraction of sp³-hybridized carbons (Fsp3) is 0.385. The van der Waals surface area contributed by atoms with Gasteiger partial charge in [0, 0.05) is 23.5 Å². The summed E-state index contributed by atoms with van der Waals surface area (Å²) in [4.78, 5) is 3.61. The second-order valence-electron chi connectivity index (χ2n) is 5.22. The summed E-state index contributed by atoms with van der Waals surface area (Å²) in [5.41, 5.74) is 1.05. The lowest BCUT2D eigenvalue weighted by Crippen LogP contribution is -2.52. The molecule has 1 fully saturated rings. The fourth-order valence-corrected chi connectivity index (χ4v) is 2.83. The van der Waals surface area contributed by atoms with E-state index in [1.807, 2.05) is 0 Å². The Morgan fingerprint density at radius 3 is 2.55 bits per heavy atom. The Bertz CT molecular complexity index is 664. The van der Waals surface area contributed by atoms with Gasteiger partial charge in [-0.05, 0) is 24.7 Å². The van der Waals surface area contributed by atoms with Crippen LogP contribution in [0.15, 0.2) is 24.4 Å². The van der Waals surface area contributed by atoms with E-state index in [0.29, 0.717) is 21.4 Å². The topological polar surface area (TPSA) is 120 Å². The zero-order chi connectivity index (χ0) is 14.7. The molecule has 1 aliphatic heterocycles. The van der Waals surface area contributed by atoms with Gasteiger partial charge in [-0.1, -0.05) is 6.07 Å². The monoisotopic (exact) mass is 280 g/mol. The second kappa shape index (κ2) is 3.94. The van der Waals surface area contributed by atoms with Gasteiger partial charge in [-0.3, -0.25) is 0 Å². The number of fused-ring (bicyclic) bond motifs is 1. The number of aromatic hydroxyl groups is 1. The van der Waals surface area contributed by atoms with Gasteiger partial charge in [-0.15, -0.1) is 0 Å². The first-order valence-electron chi connectivity index (χ1n) is 6.17. The molecule has 0 aliphatic carbocycles. The molecule has 2 aromatic rings. The molecule has 1 atom stereocenters. The van der Waals surface area contributed by atoms with E-state index in [2.05, 4.69) is 4.98 Å². The summed E-state index contributed by atoms with van der Waals surface area (Å²) >= 11 is 0. The first-order chi connectivity index (χ1) is 9.25. The maximum atomic E-state index is 10.1. The number of nitrogens with zero attached hydrogens (tertiary/aromatic N) is 1. The standard InChI is InChI=1S/C13H16N2O5/c1-15-12(17,18)5-8(13(15,19)20)7-6-14-9-3-2-4-10(16)11(7)9/h2-4,6,8,14,16-20H,5H2,1H3. The zero-order valence-corrected chi connectivity index (χ0v) is 10.8. The Labute approximate surface area is 114 Å². The highest BCUT2D eigenvalue weighted by Crippen LogP contribution is 2.47. The lowest BCUT2D eigenvalue weighted by Gasteiger charge is -2.32. The van der Waals surface area contributed by atoms with Crippen molar-refractivity contribution >= 4 is 10.9 Å². The molecule has 0 saturated carbocycles. The Hall–Kier alpha value is -1.64. The second-order valence-corrected chi connectivity index (χ2v) is 5.22. The van der Waals surface area contributed by atoms with E-state index >= 15 is 0 Å². The lowest BCUT2D eigenvalue weighted by molar-refractivity contribution is -0.336. The summed E-state index contributed by atoms with van der Waals surface area (Å²) in [6, 6.07) is 4.88. The molecule has 1 saturated heterocycles. The molecule has 3 rings (SSSR count). The molecule has 0 radical (unpaired) electrons. The largest absolute Gasteiger partial charge is 0.507 e. The average molecular weight is 280 g/mol. The third-order valence-electron chi connectivity index (χ3n) is 4.07. The summed E-state index contributed by atoms with van der Waals surface area (Å²) in [6.07, 6.45) is 1.24. The minimum Gasteiger partial charge on any atom is -0.507 e. The summed E-state index contributed by atoms with van der Waals surface area (Å²) in [5.74, 6) is -5.75. The van der Waals surface area contributed by atoms with Crippen LogP contribution in [0.4, 0.5) is 0 Å². The summed E-state index contributed by atoms with van der Waals surface area (Å²) in [6.45, 7) is 0. The van der Waals surface area contributed by atoms with Crippen LogP contribution in [-0.4, -0.2) is 54.3 Å². The predicted octanol–water partition coefficient (Wildman–Crippen LogP) is -0.431. The van der Waals surface area contributed by atoms with Gasteiger partial charge >= 0.3 is 0 Å². The van der Waals surface area contributed by atoms with E-state index in [1.165, 1.54) is 19.3 Å². The first kappa shape index (κ1) is 13.3. The van der Waals surface area contributed by atoms with Gasteiger partial charge in [-0.2, -0.15) is 0 Å². The number of rotatable bonds is 1. The molecule has 1 aromatic heterocycles. The number of aliphatic hydroxyl groups is 4. The van der Waals surface area contributed by atoms with Crippen molar-refractivity contribution in [2.24, 2.45) is 0 Å². The van der Waals surface area contributed by atoms with E-state index < -0.39 is 17.7 Å². The molecule has 0 bridgehead atoms. The van der Waals surface area contributed by atoms with Crippen LogP contribution in [0.1, 0.15) is 17.9 Å². The van der Waals surface area contributed by atoms with Crippen LogP contribution in [0.3, 0.4) is 0 Å². The molecule has 2 heterocycles. The van der Waals surface area contributed by atoms with Crippen molar-refractivity contribution in [1.29, 1.82) is 0 Å². The van der Waals surface area contributed by atoms with E-state index in [-0.39, 0.29) is 12.2 Å². The number of hydrogen-bond acceptors (Lipinski definition) is 6. The SMILES string of the molecule is CN1C(O)(O)CC(c2c[nH]c3cccc(O)c23)C1(O)O. The van der Waals surface area contributed by atoms with Crippen molar-refractivity contribution in [1.82, 2.24) is 9.88 Å². The number of hydrogen-bond donors (Lipinski definition) is 6. The minimum absolute atomic E-state index is 0.00872. The van der Waals surface area contributed by atoms with Gasteiger partial charge in [0.2, 0.25) is 11.8 Å². The highest BCUT2D eigenvalue weighted by Gasteiger charge is 2.58. The van der Waals surface area contributed by atoms with Crippen molar-refractivity contribution in [3.8, 4) is 5.75 Å². The zero-order valence-electron chi connectivity index (χ0n) is 10.8. The average Bonchev–Trinajstić information content (AvgIpc) is 2.85. The third-order valence-corrected chi connectivity index (χ3v) is 4.07. The van der Waals surface area contributed by atoms with Crippen LogP contribution in [0.2, 0.25) is 0 Å². The summed E-state index contributed by atoms with van der Waals surface area (Å²) in [7, 11) is 1.20. The van der Waals surface area contributed by atoms with E-state index in [4.69, 9.17) is 0 Å². The van der Waals surface area contributed by atoms with E-state index in [0.717, 1.165) is 0 Å². The molecular formula is C13H16N2O5. The number of H-pyrrole nitrogens is 1. The van der Waals surface area contributed by atoms with Crippen molar-refractivity contribution < 1.29 is 25.5 Å². The molecule has 7 heteroatoms. The number of phenolic OH excluding ortho intramolecular Hbond substituents is 1. The van der Waals surface area contributed by atoms with Crippen LogP contribution in [0, 0.1) is 0 Å². The molecule has 0 amide bonds. The highest BCUT2D eigenvalue weighted by atomic mass is 16.6. The number of likely N-dealkylation sites (tertiary alicyclic amines) is 1. The number of likely N-dealkylation sites (N-methyl/N-ethyl adjacent to an activating group) is 1. The van der Waals surface area contributed by atoms with Crippen molar-refractivity contribution in [3.63, 3.8) is 0 Å². The predicted molar refractivity (Wildman–Crippen MR) is 69.4 cm³/mol. The van der Waals surface area contributed by atoms with Crippen molar-refractivity contribution in [2.45, 2.75) is 24.2 Å². The van der Waals surface area contributed by atoms with Crippen molar-refractivity contribution in [2.75, 3.05) is 7.05 Å². The summed E-state index contributed by atoms with van der Waals surface area (Å²) < 4.78 is 0. The molecule has 7 nitrogen and oxygen atoms in total. The molecule has 1 aromatic carbocycles. The third kappa shape index (κ3) is 1.65. The Balaban J connectivity index is 2.17. The maximum absolute atomic E-state index is 10.1. The molecule has 0 spiro atoms. The van der Waals surface area contributed by atoms with E-state index in [9.17, 15) is 25.5 Å². The van der Waals surface area contributed by atoms with Crippen LogP contribution in [-0.2, 0) is 0 Å². The Kier molecular flexibility index (Phi) is 2.63. The number of phenols is 1. The molecule has 108 valence electrons. The first-order valence-corrected chi connectivity index (χ1v) is 6.17. The highest BCUT2D eigenvalue weighted by molar-refractivity contribution is 5.89. The minimum atomic E-state index is -2.43. The van der Waals surface area contributed by atoms with Gasteiger partial charge in [0.1, 0.15) is 5.75 Å². The van der Waals surface area contributed by atoms with Crippen LogP contribution < -0.4 is 0 Å². The van der Waals surface area contributed by atoms with Gasteiger partial charge in [0.15, 0.2) is 0 Å². The van der Waals surface area contributed by atoms with Gasteiger partial charge in [-0.25, -0.2) is 4.90 Å². The van der Waals surface area contributed by atoms with Crippen LogP contribution >= 0.6 is 0 Å². The number of benzene rings is 1. The van der Waals surface area contributed by atoms with Crippen molar-refractivity contribution in [3.05, 3.63) is 30.0 Å². The quantitative estimate of drug-likeness (QED) is 0.394. The van der Waals surface area contributed by atoms with Crippen LogP contribution in [0.5, 0.6) is 5.75 Å².